The van der Waals surface area contributed by atoms with Crippen molar-refractivity contribution in [2.24, 2.45) is 0 Å². The second-order valence-electron chi connectivity index (χ2n) is 14.3. The summed E-state index contributed by atoms with van der Waals surface area (Å²) in [5, 5.41) is 0. The van der Waals surface area contributed by atoms with Gasteiger partial charge < -0.3 is 4.74 Å². The van der Waals surface area contributed by atoms with E-state index in [0.717, 1.165) is 56.0 Å². The van der Waals surface area contributed by atoms with E-state index in [4.69, 9.17) is 19.7 Å². The standard InChI is InChI=1S/C52H33N3O/c1-3-15-34(16-4-1)35-29-31-37(32-30-35)50-53-49(36-17-5-2-6-18-36)54-51(55-50)39-20-13-19-38(33-39)40-23-14-27-46-48(40)56-47-28-12-11-26-45(47)52(46)43-24-9-7-21-41(43)42-22-8-10-25-44(42)52/h1-33H. The molecule has 2 aliphatic rings. The Hall–Kier alpha value is -7.43. The van der Waals surface area contributed by atoms with E-state index >= 15 is 0 Å². The normalized spacial score (nSPS) is 12.9. The third kappa shape index (κ3) is 4.96. The van der Waals surface area contributed by atoms with Crippen LogP contribution in [0.2, 0.25) is 0 Å². The molecule has 262 valence electrons. The minimum Gasteiger partial charge on any atom is -0.456 e. The molecule has 0 N–H and O–H groups in total. The largest absolute Gasteiger partial charge is 0.456 e. The van der Waals surface area contributed by atoms with E-state index in [1.165, 1.54) is 27.8 Å². The summed E-state index contributed by atoms with van der Waals surface area (Å²) in [5.74, 6) is 3.57. The first kappa shape index (κ1) is 32.0. The molecule has 0 atom stereocenters. The Balaban J connectivity index is 1.07. The minimum absolute atomic E-state index is 0.533. The number of aromatic nitrogens is 3. The van der Waals surface area contributed by atoms with Crippen LogP contribution in [0, 0.1) is 0 Å². The highest BCUT2D eigenvalue weighted by molar-refractivity contribution is 5.90. The Kier molecular flexibility index (Phi) is 7.36. The van der Waals surface area contributed by atoms with Crippen LogP contribution in [0.4, 0.5) is 0 Å². The van der Waals surface area contributed by atoms with E-state index in [2.05, 4.69) is 164 Å². The third-order valence-electron chi connectivity index (χ3n) is 11.2. The number of fused-ring (bicyclic) bond motifs is 9. The van der Waals surface area contributed by atoms with E-state index in [0.29, 0.717) is 17.5 Å². The van der Waals surface area contributed by atoms with Gasteiger partial charge in [-0.2, -0.15) is 0 Å². The van der Waals surface area contributed by atoms with Crippen molar-refractivity contribution in [2.75, 3.05) is 0 Å². The van der Waals surface area contributed by atoms with E-state index in [1.807, 2.05) is 36.4 Å². The number of ether oxygens (including phenoxy) is 1. The van der Waals surface area contributed by atoms with Crippen LogP contribution in [0.3, 0.4) is 0 Å². The quantitative estimate of drug-likeness (QED) is 0.178. The summed E-state index contributed by atoms with van der Waals surface area (Å²) in [5.41, 5.74) is 13.9. The van der Waals surface area contributed by atoms with Gasteiger partial charge in [0.05, 0.1) is 5.41 Å². The van der Waals surface area contributed by atoms with Crippen molar-refractivity contribution in [3.05, 3.63) is 222 Å². The summed E-state index contributed by atoms with van der Waals surface area (Å²) >= 11 is 0. The molecule has 0 saturated carbocycles. The van der Waals surface area contributed by atoms with Gasteiger partial charge in [-0.25, -0.2) is 15.0 Å². The molecule has 1 aliphatic carbocycles. The summed E-state index contributed by atoms with van der Waals surface area (Å²) in [6.45, 7) is 0. The molecule has 0 fully saturated rings. The van der Waals surface area contributed by atoms with Crippen molar-refractivity contribution >= 4 is 0 Å². The number of benzene rings is 8. The van der Waals surface area contributed by atoms with Gasteiger partial charge in [0.1, 0.15) is 11.5 Å². The molecular formula is C52H33N3O. The van der Waals surface area contributed by atoms with Crippen LogP contribution in [0.25, 0.3) is 67.5 Å². The summed E-state index contributed by atoms with van der Waals surface area (Å²) < 4.78 is 6.98. The zero-order chi connectivity index (χ0) is 37.1. The smallest absolute Gasteiger partial charge is 0.164 e. The lowest BCUT2D eigenvalue weighted by atomic mass is 9.65. The molecule has 1 spiro atoms. The molecule has 1 aromatic heterocycles. The van der Waals surface area contributed by atoms with E-state index in [-0.39, 0.29) is 0 Å². The van der Waals surface area contributed by atoms with E-state index < -0.39 is 5.41 Å². The SMILES string of the molecule is c1ccc(-c2ccc(-c3nc(-c4ccccc4)nc(-c4cccc(-c5cccc6c5Oc5ccccc5C65c6ccccc6-c6ccccc65)c4)n3)cc2)cc1. The molecule has 56 heavy (non-hydrogen) atoms. The van der Waals surface area contributed by atoms with Crippen molar-refractivity contribution in [2.45, 2.75) is 5.41 Å². The van der Waals surface area contributed by atoms with E-state index in [9.17, 15) is 0 Å². The molecule has 0 bridgehead atoms. The molecule has 4 nitrogen and oxygen atoms in total. The molecule has 9 aromatic rings. The zero-order valence-corrected chi connectivity index (χ0v) is 30.3. The molecular weight excluding hydrogens is 683 g/mol. The van der Waals surface area contributed by atoms with Gasteiger partial charge in [-0.1, -0.05) is 188 Å². The molecule has 11 rings (SSSR count). The average molecular weight is 716 g/mol. The monoisotopic (exact) mass is 715 g/mol. The lowest BCUT2D eigenvalue weighted by molar-refractivity contribution is 0.438. The van der Waals surface area contributed by atoms with Crippen molar-refractivity contribution in [3.63, 3.8) is 0 Å². The zero-order valence-electron chi connectivity index (χ0n) is 30.3. The van der Waals surface area contributed by atoms with Crippen LogP contribution >= 0.6 is 0 Å². The first-order valence-electron chi connectivity index (χ1n) is 18.9. The summed E-state index contributed by atoms with van der Waals surface area (Å²) in [6, 6.07) is 70.1. The highest BCUT2D eigenvalue weighted by Gasteiger charge is 2.51. The third-order valence-corrected chi connectivity index (χ3v) is 11.2. The molecule has 0 saturated heterocycles. The number of hydrogen-bond donors (Lipinski definition) is 0. The van der Waals surface area contributed by atoms with Crippen molar-refractivity contribution in [3.8, 4) is 79.0 Å². The molecule has 1 aliphatic heterocycles. The van der Waals surface area contributed by atoms with Crippen molar-refractivity contribution in [1.82, 2.24) is 15.0 Å². The van der Waals surface area contributed by atoms with E-state index in [1.54, 1.807) is 0 Å². The highest BCUT2D eigenvalue weighted by Crippen LogP contribution is 2.63. The second kappa shape index (κ2) is 12.9. The maximum Gasteiger partial charge on any atom is 0.164 e. The molecule has 8 aromatic carbocycles. The number of para-hydroxylation sites is 2. The number of rotatable bonds is 5. The summed E-state index contributed by atoms with van der Waals surface area (Å²) in [4.78, 5) is 15.2. The molecule has 0 amide bonds. The Morgan fingerprint density at radius 2 is 0.732 bits per heavy atom. The summed E-state index contributed by atoms with van der Waals surface area (Å²) in [7, 11) is 0. The lowest BCUT2D eigenvalue weighted by Gasteiger charge is -2.40. The molecule has 4 heteroatoms. The Bertz CT molecular complexity index is 2890. The van der Waals surface area contributed by atoms with Crippen LogP contribution in [0.5, 0.6) is 11.5 Å². The Morgan fingerprint density at radius 1 is 0.304 bits per heavy atom. The van der Waals surface area contributed by atoms with Gasteiger partial charge in [-0.3, -0.25) is 0 Å². The van der Waals surface area contributed by atoms with Crippen LogP contribution in [-0.4, -0.2) is 15.0 Å². The van der Waals surface area contributed by atoms with Crippen molar-refractivity contribution in [1.29, 1.82) is 0 Å². The predicted molar refractivity (Wildman–Crippen MR) is 224 cm³/mol. The van der Waals surface area contributed by atoms with Gasteiger partial charge in [0, 0.05) is 33.4 Å². The maximum atomic E-state index is 6.98. The van der Waals surface area contributed by atoms with Gasteiger partial charge in [0.25, 0.3) is 0 Å². The minimum atomic E-state index is -0.533. The van der Waals surface area contributed by atoms with Crippen LogP contribution < -0.4 is 4.74 Å². The highest BCUT2D eigenvalue weighted by atomic mass is 16.5. The number of nitrogens with zero attached hydrogens (tertiary/aromatic N) is 3. The van der Waals surface area contributed by atoms with Gasteiger partial charge in [0.15, 0.2) is 17.5 Å². The maximum absolute atomic E-state index is 6.98. The average Bonchev–Trinajstić information content (AvgIpc) is 3.57. The fourth-order valence-corrected chi connectivity index (χ4v) is 8.72. The Morgan fingerprint density at radius 3 is 1.41 bits per heavy atom. The fourth-order valence-electron chi connectivity index (χ4n) is 8.72. The van der Waals surface area contributed by atoms with Gasteiger partial charge in [-0.05, 0) is 51.1 Å². The van der Waals surface area contributed by atoms with Crippen molar-refractivity contribution < 1.29 is 4.74 Å². The predicted octanol–water partition coefficient (Wildman–Crippen LogP) is 12.7. The van der Waals surface area contributed by atoms with Gasteiger partial charge in [0.2, 0.25) is 0 Å². The van der Waals surface area contributed by atoms with Crippen LogP contribution in [0.1, 0.15) is 22.3 Å². The molecule has 0 radical (unpaired) electrons. The first-order chi connectivity index (χ1) is 27.8. The topological polar surface area (TPSA) is 47.9 Å². The molecule has 0 unspecified atom stereocenters. The van der Waals surface area contributed by atoms with Gasteiger partial charge >= 0.3 is 0 Å². The first-order valence-corrected chi connectivity index (χ1v) is 18.9. The number of hydrogen-bond acceptors (Lipinski definition) is 4. The molecule has 2 heterocycles. The Labute approximate surface area is 325 Å². The fraction of sp³-hybridized carbons (Fsp3) is 0.0192. The second-order valence-corrected chi connectivity index (χ2v) is 14.3. The lowest BCUT2D eigenvalue weighted by Crippen LogP contribution is -2.32. The van der Waals surface area contributed by atoms with Gasteiger partial charge in [-0.15, -0.1) is 0 Å². The van der Waals surface area contributed by atoms with Crippen LogP contribution in [-0.2, 0) is 5.41 Å². The van der Waals surface area contributed by atoms with Crippen LogP contribution in [0.15, 0.2) is 200 Å². The summed E-state index contributed by atoms with van der Waals surface area (Å²) in [6.07, 6.45) is 0.